The molecule has 17 heavy (non-hydrogen) atoms. The van der Waals surface area contributed by atoms with Gasteiger partial charge in [0.2, 0.25) is 0 Å². The largest absolute Gasteiger partial charge is 0.484 e. The predicted octanol–water partition coefficient (Wildman–Crippen LogP) is 1.97. The van der Waals surface area contributed by atoms with E-state index in [1.807, 2.05) is 13.8 Å². The van der Waals surface area contributed by atoms with Gasteiger partial charge in [-0.2, -0.15) is 0 Å². The van der Waals surface area contributed by atoms with E-state index in [4.69, 9.17) is 16.3 Å². The molecule has 0 heterocycles. The minimum absolute atomic E-state index is 0.0712. The molecule has 0 aromatic heterocycles. The van der Waals surface area contributed by atoms with Gasteiger partial charge in [0.25, 0.3) is 11.1 Å². The Balaban J connectivity index is 2.54. The molecule has 0 spiro atoms. The highest BCUT2D eigenvalue weighted by molar-refractivity contribution is 6.67. The first-order valence-corrected chi connectivity index (χ1v) is 5.59. The van der Waals surface area contributed by atoms with Gasteiger partial charge in [-0.05, 0) is 43.6 Å². The quantitative estimate of drug-likeness (QED) is 0.819. The van der Waals surface area contributed by atoms with Crippen molar-refractivity contribution in [1.29, 1.82) is 0 Å². The number of rotatable bonds is 5. The number of hydrogen-bond donors (Lipinski definition) is 1. The molecule has 0 saturated carbocycles. The van der Waals surface area contributed by atoms with E-state index in [0.29, 0.717) is 11.3 Å². The van der Waals surface area contributed by atoms with Gasteiger partial charge >= 0.3 is 0 Å². The summed E-state index contributed by atoms with van der Waals surface area (Å²) < 4.78 is 5.24. The standard InChI is InChI=1S/C12H14ClNO3/c1-8(2)14-11(15)7-17-10-5-3-4-9(6-10)12(13)16/h3-6,8H,7H2,1-2H3,(H,14,15). The summed E-state index contributed by atoms with van der Waals surface area (Å²) in [7, 11) is 0. The van der Waals surface area contributed by atoms with E-state index in [9.17, 15) is 9.59 Å². The molecule has 0 unspecified atom stereocenters. The molecule has 92 valence electrons. The van der Waals surface area contributed by atoms with Gasteiger partial charge < -0.3 is 10.1 Å². The summed E-state index contributed by atoms with van der Waals surface area (Å²) in [6, 6.07) is 6.45. The minimum Gasteiger partial charge on any atom is -0.484 e. The van der Waals surface area contributed by atoms with Crippen LogP contribution in [0.15, 0.2) is 24.3 Å². The first kappa shape index (κ1) is 13.5. The molecule has 1 aromatic carbocycles. The first-order valence-electron chi connectivity index (χ1n) is 5.21. The van der Waals surface area contributed by atoms with Gasteiger partial charge in [0, 0.05) is 11.6 Å². The summed E-state index contributed by atoms with van der Waals surface area (Å²) in [6.07, 6.45) is 0. The Morgan fingerprint density at radius 1 is 1.41 bits per heavy atom. The fourth-order valence-corrected chi connectivity index (χ4v) is 1.34. The summed E-state index contributed by atoms with van der Waals surface area (Å²) in [5.41, 5.74) is 0.341. The molecule has 0 aliphatic heterocycles. The number of benzene rings is 1. The lowest BCUT2D eigenvalue weighted by atomic mass is 10.2. The van der Waals surface area contributed by atoms with Crippen molar-refractivity contribution in [3.05, 3.63) is 29.8 Å². The molecule has 4 nitrogen and oxygen atoms in total. The summed E-state index contributed by atoms with van der Waals surface area (Å²) in [5.74, 6) is 0.234. The molecule has 1 amide bonds. The maximum Gasteiger partial charge on any atom is 0.258 e. The third-order valence-electron chi connectivity index (χ3n) is 1.88. The van der Waals surface area contributed by atoms with Gasteiger partial charge in [-0.15, -0.1) is 0 Å². The number of nitrogens with one attached hydrogen (secondary N) is 1. The van der Waals surface area contributed by atoms with Gasteiger partial charge in [0.05, 0.1) is 0 Å². The van der Waals surface area contributed by atoms with Crippen LogP contribution in [0.2, 0.25) is 0 Å². The summed E-state index contributed by atoms with van der Waals surface area (Å²) in [6.45, 7) is 3.65. The molecule has 0 aliphatic rings. The molecule has 5 heteroatoms. The SMILES string of the molecule is CC(C)NC(=O)COc1cccc(C(=O)Cl)c1. The second kappa shape index (κ2) is 6.25. The van der Waals surface area contributed by atoms with E-state index >= 15 is 0 Å². The number of halogens is 1. The second-order valence-corrected chi connectivity index (χ2v) is 4.16. The average molecular weight is 256 g/mol. The zero-order chi connectivity index (χ0) is 12.8. The molecule has 1 N–H and O–H groups in total. The number of amides is 1. The zero-order valence-corrected chi connectivity index (χ0v) is 10.5. The van der Waals surface area contributed by atoms with Crippen LogP contribution in [0.3, 0.4) is 0 Å². The molecule has 0 saturated heterocycles. The summed E-state index contributed by atoms with van der Waals surface area (Å²) in [4.78, 5) is 22.2. The van der Waals surface area contributed by atoms with Crippen LogP contribution in [0, 0.1) is 0 Å². The Morgan fingerprint density at radius 2 is 2.12 bits per heavy atom. The average Bonchev–Trinajstić information content (AvgIpc) is 2.26. The van der Waals surface area contributed by atoms with Crippen molar-refractivity contribution in [2.75, 3.05) is 6.61 Å². The van der Waals surface area contributed by atoms with E-state index in [0.717, 1.165) is 0 Å². The third-order valence-corrected chi connectivity index (χ3v) is 2.10. The maximum absolute atomic E-state index is 11.3. The Morgan fingerprint density at radius 3 is 2.71 bits per heavy atom. The molecule has 0 aliphatic carbocycles. The van der Waals surface area contributed by atoms with Gasteiger partial charge in [-0.1, -0.05) is 6.07 Å². The van der Waals surface area contributed by atoms with Crippen molar-refractivity contribution in [1.82, 2.24) is 5.32 Å². The fourth-order valence-electron chi connectivity index (χ4n) is 1.22. The second-order valence-electron chi connectivity index (χ2n) is 3.81. The van der Waals surface area contributed by atoms with Gasteiger partial charge in [-0.25, -0.2) is 0 Å². The lowest BCUT2D eigenvalue weighted by Crippen LogP contribution is -2.34. The molecule has 0 atom stereocenters. The summed E-state index contributed by atoms with van der Waals surface area (Å²) >= 11 is 5.33. The van der Waals surface area contributed by atoms with Crippen LogP contribution >= 0.6 is 11.6 Å². The lowest BCUT2D eigenvalue weighted by molar-refractivity contribution is -0.123. The third kappa shape index (κ3) is 4.87. The number of carbonyl (C=O) groups excluding carboxylic acids is 2. The van der Waals surface area contributed by atoms with Gasteiger partial charge in [0.15, 0.2) is 6.61 Å². The van der Waals surface area contributed by atoms with Crippen molar-refractivity contribution in [2.24, 2.45) is 0 Å². The molecular weight excluding hydrogens is 242 g/mol. The van der Waals surface area contributed by atoms with E-state index in [1.165, 1.54) is 6.07 Å². The molecule has 0 radical (unpaired) electrons. The Hall–Kier alpha value is -1.55. The topological polar surface area (TPSA) is 55.4 Å². The summed E-state index contributed by atoms with van der Waals surface area (Å²) in [5, 5.41) is 2.14. The number of carbonyl (C=O) groups is 2. The van der Waals surface area contributed by atoms with Crippen LogP contribution in [-0.2, 0) is 4.79 Å². The van der Waals surface area contributed by atoms with E-state index in [2.05, 4.69) is 5.32 Å². The van der Waals surface area contributed by atoms with Crippen molar-refractivity contribution < 1.29 is 14.3 Å². The minimum atomic E-state index is -0.554. The molecule has 1 aromatic rings. The highest BCUT2D eigenvalue weighted by atomic mass is 35.5. The van der Waals surface area contributed by atoms with Gasteiger partial charge in [0.1, 0.15) is 5.75 Å². The Kier molecular flexibility index (Phi) is 4.97. The van der Waals surface area contributed by atoms with E-state index < -0.39 is 5.24 Å². The van der Waals surface area contributed by atoms with Crippen LogP contribution in [0.25, 0.3) is 0 Å². The van der Waals surface area contributed by atoms with Crippen LogP contribution in [-0.4, -0.2) is 23.8 Å². The van der Waals surface area contributed by atoms with Crippen LogP contribution in [0.1, 0.15) is 24.2 Å². The predicted molar refractivity (Wildman–Crippen MR) is 65.4 cm³/mol. The van der Waals surface area contributed by atoms with Gasteiger partial charge in [-0.3, -0.25) is 9.59 Å². The van der Waals surface area contributed by atoms with E-state index in [1.54, 1.807) is 18.2 Å². The lowest BCUT2D eigenvalue weighted by Gasteiger charge is -2.09. The highest BCUT2D eigenvalue weighted by Crippen LogP contribution is 2.14. The zero-order valence-electron chi connectivity index (χ0n) is 9.70. The fraction of sp³-hybridized carbons (Fsp3) is 0.333. The Bertz CT molecular complexity index is 418. The van der Waals surface area contributed by atoms with Crippen molar-refractivity contribution >= 4 is 22.8 Å². The highest BCUT2D eigenvalue weighted by Gasteiger charge is 2.06. The van der Waals surface area contributed by atoms with Crippen LogP contribution in [0.4, 0.5) is 0 Å². The van der Waals surface area contributed by atoms with Crippen molar-refractivity contribution in [2.45, 2.75) is 19.9 Å². The van der Waals surface area contributed by atoms with Crippen LogP contribution < -0.4 is 10.1 Å². The smallest absolute Gasteiger partial charge is 0.258 e. The van der Waals surface area contributed by atoms with E-state index in [-0.39, 0.29) is 18.6 Å². The molecule has 1 rings (SSSR count). The molecule has 0 bridgehead atoms. The number of ether oxygens (including phenoxy) is 1. The van der Waals surface area contributed by atoms with Crippen molar-refractivity contribution in [3.8, 4) is 5.75 Å². The van der Waals surface area contributed by atoms with Crippen molar-refractivity contribution in [3.63, 3.8) is 0 Å². The Labute approximate surface area is 105 Å². The molecular formula is C12H14ClNO3. The normalized spacial score (nSPS) is 10.1. The number of hydrogen-bond acceptors (Lipinski definition) is 3. The first-order chi connectivity index (χ1) is 7.99. The molecule has 0 fully saturated rings. The van der Waals surface area contributed by atoms with Crippen LogP contribution in [0.5, 0.6) is 5.75 Å². The maximum atomic E-state index is 11.3. The monoisotopic (exact) mass is 255 g/mol.